The molecule has 0 bridgehead atoms. The highest BCUT2D eigenvalue weighted by molar-refractivity contribution is 6.18. The minimum absolute atomic E-state index is 0.160. The third kappa shape index (κ3) is 3.34. The van der Waals surface area contributed by atoms with Crippen LogP contribution in [-0.2, 0) is 6.42 Å². The van der Waals surface area contributed by atoms with Crippen LogP contribution in [0.1, 0.15) is 5.56 Å². The van der Waals surface area contributed by atoms with Crippen molar-refractivity contribution in [2.24, 2.45) is 0 Å². The first-order valence-corrected chi connectivity index (χ1v) is 7.60. The number of hydrogen-bond acceptors (Lipinski definition) is 2. The second-order valence-electron chi connectivity index (χ2n) is 5.07. The van der Waals surface area contributed by atoms with Crippen LogP contribution >= 0.6 is 11.6 Å². The summed E-state index contributed by atoms with van der Waals surface area (Å²) in [5.41, 5.74) is 1.27. The number of anilines is 1. The molecule has 0 aliphatic carbocycles. The van der Waals surface area contributed by atoms with E-state index in [0.717, 1.165) is 17.6 Å². The number of nitrogens with zero attached hydrogens (tertiary/aromatic N) is 1. The van der Waals surface area contributed by atoms with Gasteiger partial charge >= 0.3 is 0 Å². The number of fused-ring (bicyclic) bond motifs is 1. The Bertz CT molecular complexity index is 707. The molecule has 0 saturated heterocycles. The quantitative estimate of drug-likeness (QED) is 0.701. The van der Waals surface area contributed by atoms with E-state index in [1.54, 1.807) is 0 Å². The van der Waals surface area contributed by atoms with E-state index in [1.807, 2.05) is 30.5 Å². The monoisotopic (exact) mass is 296 g/mol. The number of hydrogen-bond donors (Lipinski definition) is 1. The average molecular weight is 297 g/mol. The second-order valence-corrected chi connectivity index (χ2v) is 5.37. The number of halogens is 1. The molecule has 1 unspecified atom stereocenters. The third-order valence-electron chi connectivity index (χ3n) is 3.53. The van der Waals surface area contributed by atoms with E-state index in [2.05, 4.69) is 46.7 Å². The number of aromatic nitrogens is 1. The Balaban J connectivity index is 1.82. The van der Waals surface area contributed by atoms with Crippen LogP contribution < -0.4 is 5.32 Å². The van der Waals surface area contributed by atoms with E-state index in [-0.39, 0.29) is 6.04 Å². The van der Waals surface area contributed by atoms with Crippen LogP contribution in [0.15, 0.2) is 66.9 Å². The molecule has 1 heterocycles. The standard InChI is InChI=1S/C18H17ClN2/c19-13-16(12-14-6-2-1-3-7-14)21-18-17-9-5-4-8-15(17)10-11-20-18/h1-11,16H,12-13H2,(H,20,21). The molecule has 3 rings (SSSR count). The number of rotatable bonds is 5. The molecule has 106 valence electrons. The van der Waals surface area contributed by atoms with E-state index in [4.69, 9.17) is 11.6 Å². The predicted molar refractivity (Wildman–Crippen MR) is 90.0 cm³/mol. The number of nitrogens with one attached hydrogen (secondary N) is 1. The number of alkyl halides is 1. The van der Waals surface area contributed by atoms with Gasteiger partial charge in [-0.15, -0.1) is 11.6 Å². The molecular formula is C18H17ClN2. The zero-order valence-corrected chi connectivity index (χ0v) is 12.4. The average Bonchev–Trinajstić information content (AvgIpc) is 2.55. The van der Waals surface area contributed by atoms with E-state index in [0.29, 0.717) is 5.88 Å². The number of benzene rings is 2. The Morgan fingerprint density at radius 2 is 1.71 bits per heavy atom. The molecule has 0 amide bonds. The first kappa shape index (κ1) is 13.9. The fourth-order valence-electron chi connectivity index (χ4n) is 2.47. The highest BCUT2D eigenvalue weighted by atomic mass is 35.5. The molecule has 0 fully saturated rings. The fourth-order valence-corrected chi connectivity index (χ4v) is 2.66. The van der Waals surface area contributed by atoms with Crippen molar-refractivity contribution < 1.29 is 0 Å². The van der Waals surface area contributed by atoms with Crippen LogP contribution in [0.5, 0.6) is 0 Å². The molecule has 0 spiro atoms. The van der Waals surface area contributed by atoms with Gasteiger partial charge in [0.15, 0.2) is 0 Å². The Morgan fingerprint density at radius 3 is 2.52 bits per heavy atom. The summed E-state index contributed by atoms with van der Waals surface area (Å²) in [5.74, 6) is 1.44. The number of pyridine rings is 1. The van der Waals surface area contributed by atoms with Crippen molar-refractivity contribution >= 4 is 28.2 Å². The minimum atomic E-state index is 0.160. The first-order valence-electron chi connectivity index (χ1n) is 7.07. The Kier molecular flexibility index (Phi) is 4.37. The van der Waals surface area contributed by atoms with Gasteiger partial charge in [0.2, 0.25) is 0 Å². The lowest BCUT2D eigenvalue weighted by Crippen LogP contribution is -2.24. The van der Waals surface area contributed by atoms with Gasteiger partial charge in [-0.3, -0.25) is 0 Å². The molecule has 21 heavy (non-hydrogen) atoms. The van der Waals surface area contributed by atoms with E-state index < -0.39 is 0 Å². The molecule has 3 aromatic rings. The largest absolute Gasteiger partial charge is 0.365 e. The summed E-state index contributed by atoms with van der Waals surface area (Å²) in [6.45, 7) is 0. The third-order valence-corrected chi connectivity index (χ3v) is 3.90. The Morgan fingerprint density at radius 1 is 0.952 bits per heavy atom. The van der Waals surface area contributed by atoms with Crippen molar-refractivity contribution in [1.82, 2.24) is 4.98 Å². The van der Waals surface area contributed by atoms with Crippen molar-refractivity contribution in [3.05, 3.63) is 72.4 Å². The van der Waals surface area contributed by atoms with Crippen molar-refractivity contribution in [2.45, 2.75) is 12.5 Å². The molecule has 2 aromatic carbocycles. The van der Waals surface area contributed by atoms with Gasteiger partial charge in [-0.1, -0.05) is 54.6 Å². The predicted octanol–water partition coefficient (Wildman–Crippen LogP) is 4.50. The molecular weight excluding hydrogens is 280 g/mol. The zero-order valence-electron chi connectivity index (χ0n) is 11.7. The van der Waals surface area contributed by atoms with Crippen LogP contribution in [0, 0.1) is 0 Å². The summed E-state index contributed by atoms with van der Waals surface area (Å²) in [5, 5.41) is 5.79. The van der Waals surface area contributed by atoms with Crippen molar-refractivity contribution in [3.8, 4) is 0 Å². The molecule has 0 aliphatic rings. The molecule has 0 aliphatic heterocycles. The maximum absolute atomic E-state index is 6.13. The smallest absolute Gasteiger partial charge is 0.134 e. The van der Waals surface area contributed by atoms with Crippen molar-refractivity contribution in [3.63, 3.8) is 0 Å². The molecule has 1 aromatic heterocycles. The van der Waals surface area contributed by atoms with Gasteiger partial charge in [-0.05, 0) is 23.4 Å². The molecule has 0 saturated carbocycles. The van der Waals surface area contributed by atoms with Crippen LogP contribution in [0.2, 0.25) is 0 Å². The summed E-state index contributed by atoms with van der Waals surface area (Å²) in [6.07, 6.45) is 2.72. The van der Waals surface area contributed by atoms with E-state index >= 15 is 0 Å². The Hall–Kier alpha value is -2.06. The normalized spacial score (nSPS) is 12.2. The Labute approximate surface area is 129 Å². The van der Waals surface area contributed by atoms with Crippen LogP contribution in [0.3, 0.4) is 0 Å². The lowest BCUT2D eigenvalue weighted by Gasteiger charge is -2.18. The van der Waals surface area contributed by atoms with Gasteiger partial charge in [0.25, 0.3) is 0 Å². The lowest BCUT2D eigenvalue weighted by molar-refractivity contribution is 0.793. The molecule has 1 N–H and O–H groups in total. The maximum Gasteiger partial charge on any atom is 0.134 e. The van der Waals surface area contributed by atoms with E-state index in [9.17, 15) is 0 Å². The highest BCUT2D eigenvalue weighted by Gasteiger charge is 2.10. The summed E-state index contributed by atoms with van der Waals surface area (Å²) in [7, 11) is 0. The highest BCUT2D eigenvalue weighted by Crippen LogP contribution is 2.21. The summed E-state index contributed by atoms with van der Waals surface area (Å²) >= 11 is 6.13. The maximum atomic E-state index is 6.13. The van der Waals surface area contributed by atoms with Gasteiger partial charge in [0, 0.05) is 23.5 Å². The van der Waals surface area contributed by atoms with Gasteiger partial charge in [0.1, 0.15) is 5.82 Å². The second kappa shape index (κ2) is 6.59. The van der Waals surface area contributed by atoms with Gasteiger partial charge in [0.05, 0.1) is 0 Å². The zero-order chi connectivity index (χ0) is 14.5. The topological polar surface area (TPSA) is 24.9 Å². The summed E-state index contributed by atoms with van der Waals surface area (Å²) in [6, 6.07) is 20.8. The van der Waals surface area contributed by atoms with Gasteiger partial charge in [-0.25, -0.2) is 4.98 Å². The molecule has 0 radical (unpaired) electrons. The first-order chi connectivity index (χ1) is 10.4. The van der Waals surface area contributed by atoms with Gasteiger partial charge < -0.3 is 5.32 Å². The molecule has 2 nitrogen and oxygen atoms in total. The fraction of sp³-hybridized carbons (Fsp3) is 0.167. The summed E-state index contributed by atoms with van der Waals surface area (Å²) in [4.78, 5) is 4.47. The van der Waals surface area contributed by atoms with Crippen molar-refractivity contribution in [1.29, 1.82) is 0 Å². The van der Waals surface area contributed by atoms with Crippen molar-refractivity contribution in [2.75, 3.05) is 11.2 Å². The van der Waals surface area contributed by atoms with Crippen LogP contribution in [0.4, 0.5) is 5.82 Å². The molecule has 1 atom stereocenters. The lowest BCUT2D eigenvalue weighted by atomic mass is 10.1. The van der Waals surface area contributed by atoms with Crippen LogP contribution in [0.25, 0.3) is 10.8 Å². The summed E-state index contributed by atoms with van der Waals surface area (Å²) < 4.78 is 0. The minimum Gasteiger partial charge on any atom is -0.365 e. The van der Waals surface area contributed by atoms with E-state index in [1.165, 1.54) is 10.9 Å². The van der Waals surface area contributed by atoms with Crippen LogP contribution in [-0.4, -0.2) is 16.9 Å². The molecule has 3 heteroatoms. The van der Waals surface area contributed by atoms with Gasteiger partial charge in [-0.2, -0.15) is 0 Å². The SMILES string of the molecule is ClCC(Cc1ccccc1)Nc1nccc2ccccc12.